The molecule has 2 amide bonds. The number of allylic oxidation sites excluding steroid dienone is 2. The van der Waals surface area contributed by atoms with Crippen molar-refractivity contribution in [3.8, 4) is 0 Å². The van der Waals surface area contributed by atoms with E-state index in [0.717, 1.165) is 18.1 Å². The molecule has 2 aliphatic rings. The number of carbonyl (C=O) groups is 5. The van der Waals surface area contributed by atoms with Crippen molar-refractivity contribution in [1.82, 2.24) is 25.0 Å². The number of rotatable bonds is 5. The van der Waals surface area contributed by atoms with Gasteiger partial charge in [0.2, 0.25) is 5.89 Å². The molecule has 15 heteroatoms. The largest absolute Gasteiger partial charge is 0.460 e. The second-order valence-electron chi connectivity index (χ2n) is 12.4. The average Bonchev–Trinajstić information content (AvgIpc) is 3.82. The molecular formula is C34H44N6O9. The quantitative estimate of drug-likeness (QED) is 0.309. The molecule has 0 radical (unpaired) electrons. The molecule has 1 saturated heterocycles. The summed E-state index contributed by atoms with van der Waals surface area (Å²) in [6.45, 7) is 6.13. The predicted octanol–water partition coefficient (Wildman–Crippen LogP) is 2.54. The van der Waals surface area contributed by atoms with Crippen LogP contribution >= 0.6 is 0 Å². The number of anilines is 1. The van der Waals surface area contributed by atoms with Gasteiger partial charge in [0.15, 0.2) is 11.5 Å². The van der Waals surface area contributed by atoms with Gasteiger partial charge < -0.3 is 29.2 Å². The average molecular weight is 681 g/mol. The number of ether oxygens (including phenoxy) is 2. The van der Waals surface area contributed by atoms with Crippen molar-refractivity contribution in [2.24, 2.45) is 18.9 Å². The third kappa shape index (κ3) is 10.8. The number of cyclic esters (lactones) is 1. The first-order valence-electron chi connectivity index (χ1n) is 16.2. The molecule has 15 nitrogen and oxygen atoms in total. The van der Waals surface area contributed by atoms with E-state index in [9.17, 15) is 29.1 Å². The minimum absolute atomic E-state index is 0.0245. The molecule has 4 rings (SSSR count). The first-order valence-corrected chi connectivity index (χ1v) is 16.2. The van der Waals surface area contributed by atoms with Crippen LogP contribution < -0.4 is 10.6 Å². The minimum Gasteiger partial charge on any atom is -0.460 e. The van der Waals surface area contributed by atoms with E-state index in [0.29, 0.717) is 30.8 Å². The monoisotopic (exact) mass is 680 g/mol. The van der Waals surface area contributed by atoms with Gasteiger partial charge in [0.1, 0.15) is 30.5 Å². The van der Waals surface area contributed by atoms with E-state index in [2.05, 4.69) is 20.7 Å². The fourth-order valence-corrected chi connectivity index (χ4v) is 5.78. The zero-order chi connectivity index (χ0) is 35.5. The van der Waals surface area contributed by atoms with Crippen LogP contribution in [0.15, 0.2) is 58.4 Å². The summed E-state index contributed by atoms with van der Waals surface area (Å²) in [6, 6.07) is 0.693. The molecule has 1 fully saturated rings. The summed E-state index contributed by atoms with van der Waals surface area (Å²) < 4.78 is 18.4. The van der Waals surface area contributed by atoms with E-state index >= 15 is 0 Å². The van der Waals surface area contributed by atoms with Gasteiger partial charge in [-0.25, -0.2) is 14.6 Å². The number of hydrogen-bond acceptors (Lipinski definition) is 12. The molecule has 49 heavy (non-hydrogen) atoms. The number of nitrogens with zero attached hydrogens (tertiary/aromatic N) is 4. The fourth-order valence-electron chi connectivity index (χ4n) is 5.78. The summed E-state index contributed by atoms with van der Waals surface area (Å²) >= 11 is 0. The number of fused-ring (bicyclic) bond motifs is 3. The molecule has 5 atom stereocenters. The van der Waals surface area contributed by atoms with Gasteiger partial charge in [-0.05, 0) is 19.8 Å². The van der Waals surface area contributed by atoms with E-state index in [4.69, 9.17) is 13.9 Å². The van der Waals surface area contributed by atoms with Crippen LogP contribution in [0.4, 0.5) is 10.6 Å². The van der Waals surface area contributed by atoms with Crippen LogP contribution in [-0.4, -0.2) is 99.3 Å². The predicted molar refractivity (Wildman–Crippen MR) is 176 cm³/mol. The molecule has 0 saturated carbocycles. The minimum atomic E-state index is -1.03. The Hall–Kier alpha value is -4.89. The van der Waals surface area contributed by atoms with Crippen LogP contribution in [0.1, 0.15) is 56.4 Å². The number of aliphatic hydroxyl groups excluding tert-OH is 1. The van der Waals surface area contributed by atoms with Crippen LogP contribution in [0.5, 0.6) is 0 Å². The molecule has 2 aromatic rings. The van der Waals surface area contributed by atoms with Crippen molar-refractivity contribution in [3.63, 3.8) is 0 Å². The Kier molecular flexibility index (Phi) is 13.2. The van der Waals surface area contributed by atoms with Gasteiger partial charge in [-0.1, -0.05) is 43.7 Å². The molecule has 4 heterocycles. The molecule has 0 aromatic carbocycles. The molecule has 0 spiro atoms. The highest BCUT2D eigenvalue weighted by atomic mass is 16.6. The van der Waals surface area contributed by atoms with Gasteiger partial charge in [0.05, 0.1) is 19.1 Å². The van der Waals surface area contributed by atoms with Crippen LogP contribution in [0.3, 0.4) is 0 Å². The van der Waals surface area contributed by atoms with Gasteiger partial charge in [0, 0.05) is 62.8 Å². The number of aryl methyl sites for hydroxylation is 1. The second kappa shape index (κ2) is 17.5. The lowest BCUT2D eigenvalue weighted by molar-refractivity contribution is -0.159. The van der Waals surface area contributed by atoms with Crippen LogP contribution in [0.2, 0.25) is 0 Å². The van der Waals surface area contributed by atoms with Crippen molar-refractivity contribution in [1.29, 1.82) is 0 Å². The van der Waals surface area contributed by atoms with E-state index < -0.39 is 48.1 Å². The van der Waals surface area contributed by atoms with Crippen LogP contribution in [-0.2, 0) is 37.3 Å². The van der Waals surface area contributed by atoms with Crippen molar-refractivity contribution in [2.75, 3.05) is 31.6 Å². The molecule has 264 valence electrons. The van der Waals surface area contributed by atoms with Crippen LogP contribution in [0.25, 0.3) is 0 Å². The summed E-state index contributed by atoms with van der Waals surface area (Å²) in [5, 5.41) is 20.2. The number of aldehydes is 1. The van der Waals surface area contributed by atoms with Crippen molar-refractivity contribution in [2.45, 2.75) is 64.7 Å². The van der Waals surface area contributed by atoms with Gasteiger partial charge >= 0.3 is 12.1 Å². The number of esters is 1. The molecule has 0 unspecified atom stereocenters. The van der Waals surface area contributed by atoms with Crippen LogP contribution in [0, 0.1) is 11.8 Å². The second-order valence-corrected chi connectivity index (χ2v) is 12.4. The first-order chi connectivity index (χ1) is 23.4. The van der Waals surface area contributed by atoms with E-state index in [1.54, 1.807) is 58.3 Å². The summed E-state index contributed by atoms with van der Waals surface area (Å²) in [7, 11) is 1.71. The Morgan fingerprint density at radius 3 is 2.82 bits per heavy atom. The van der Waals surface area contributed by atoms with E-state index in [1.807, 2.05) is 6.08 Å². The SMILES string of the molecule is CC1=C\[C@@H](O)CC(=O)Cc2nc(co2)C(=O)N2CCC[C@@H]2C(=O)O[C@H]([C@H](C)COC(=O)Nc2ccn(C)n2)[C@H](C)/C=C(\C=O)CNC\C=C\1. The molecule has 3 N–H and O–H groups in total. The molecule has 0 aliphatic carbocycles. The zero-order valence-corrected chi connectivity index (χ0v) is 28.2. The molecule has 2 aromatic heterocycles. The maximum absolute atomic E-state index is 13.7. The Balaban J connectivity index is 1.57. The summed E-state index contributed by atoms with van der Waals surface area (Å²) in [5.41, 5.74) is 1.10. The number of aromatic nitrogens is 3. The summed E-state index contributed by atoms with van der Waals surface area (Å²) in [5.74, 6) is -2.20. The number of amides is 2. The van der Waals surface area contributed by atoms with Gasteiger partial charge in [0.25, 0.3) is 5.91 Å². The number of oxazole rings is 1. The van der Waals surface area contributed by atoms with Gasteiger partial charge in [-0.2, -0.15) is 5.10 Å². The third-order valence-electron chi connectivity index (χ3n) is 8.15. The highest BCUT2D eigenvalue weighted by Gasteiger charge is 2.39. The van der Waals surface area contributed by atoms with Crippen molar-refractivity contribution < 1.29 is 43.0 Å². The van der Waals surface area contributed by atoms with E-state index in [-0.39, 0.29) is 49.9 Å². The Morgan fingerprint density at radius 1 is 1.29 bits per heavy atom. The Labute approximate surface area is 284 Å². The first kappa shape index (κ1) is 36.9. The lowest BCUT2D eigenvalue weighted by Crippen LogP contribution is -2.44. The number of nitrogens with one attached hydrogen (secondary N) is 2. The highest BCUT2D eigenvalue weighted by molar-refractivity contribution is 5.95. The smallest absolute Gasteiger partial charge is 0.412 e. The number of carbonyl (C=O) groups excluding carboxylic acids is 5. The molecule has 2 bridgehead atoms. The highest BCUT2D eigenvalue weighted by Crippen LogP contribution is 2.26. The number of ketones is 1. The summed E-state index contributed by atoms with van der Waals surface area (Å²) in [6.07, 6.45) is 8.31. The maximum atomic E-state index is 13.7. The van der Waals surface area contributed by atoms with E-state index in [1.165, 1.54) is 9.58 Å². The van der Waals surface area contributed by atoms with Gasteiger partial charge in [-0.15, -0.1) is 0 Å². The lowest BCUT2D eigenvalue weighted by Gasteiger charge is -2.31. The topological polar surface area (TPSA) is 195 Å². The number of Topliss-reactive ketones (excluding diaryl/α,β-unsaturated/α-hetero) is 1. The lowest BCUT2D eigenvalue weighted by atomic mass is 9.91. The summed E-state index contributed by atoms with van der Waals surface area (Å²) in [4.78, 5) is 69.8. The molecular weight excluding hydrogens is 636 g/mol. The third-order valence-corrected chi connectivity index (χ3v) is 8.15. The molecule has 2 aliphatic heterocycles. The zero-order valence-electron chi connectivity index (χ0n) is 28.2. The number of aliphatic hydroxyl groups is 1. The standard InChI is InChI=1S/C34H44N6O9/c1-21-7-5-10-35-17-24(18-41)14-22(2)31(23(3)19-48-34(46)37-29-9-12-39(4)38-29)49-33(45)28-8-6-11-40(28)32(44)27-20-47-30(36-27)16-26(43)15-25(42)13-21/h5,7,9,12-14,18,20,22-23,25,28,31,35,42H,6,8,10-11,15-17,19H2,1-4H3,(H,37,38,46)/b7-5+,21-13+,24-14-/t22-,23-,25-,28-,31+/m1/s1. The van der Waals surface area contributed by atoms with Crippen molar-refractivity contribution in [3.05, 3.63) is 65.6 Å². The fraction of sp³-hybridized carbons (Fsp3) is 0.500. The maximum Gasteiger partial charge on any atom is 0.412 e. The normalized spacial score (nSPS) is 26.7. The number of hydrogen-bond donors (Lipinski definition) is 3. The Bertz CT molecular complexity index is 1590. The Morgan fingerprint density at radius 2 is 2.08 bits per heavy atom. The van der Waals surface area contributed by atoms with Gasteiger partial charge in [-0.3, -0.25) is 24.4 Å². The van der Waals surface area contributed by atoms with Crippen molar-refractivity contribution >= 4 is 35.9 Å².